The van der Waals surface area contributed by atoms with Gasteiger partial charge in [0.2, 0.25) is 5.16 Å². The highest BCUT2D eigenvalue weighted by Crippen LogP contribution is 2.28. The van der Waals surface area contributed by atoms with Crippen molar-refractivity contribution >= 4 is 33.3 Å². The quantitative estimate of drug-likeness (QED) is 0.445. The Morgan fingerprint density at radius 1 is 1.08 bits per heavy atom. The second-order valence-electron chi connectivity index (χ2n) is 5.05. The molecule has 0 bridgehead atoms. The van der Waals surface area contributed by atoms with Crippen molar-refractivity contribution in [3.63, 3.8) is 0 Å². The smallest absolute Gasteiger partial charge is 0.210 e. The van der Waals surface area contributed by atoms with Gasteiger partial charge < -0.3 is 5.84 Å². The molecule has 5 nitrogen and oxygen atoms in total. The number of fused-ring (bicyclic) bond motifs is 1. The molecule has 2 N–H and O–H groups in total. The summed E-state index contributed by atoms with van der Waals surface area (Å²) >= 11 is 3.13. The number of nitrogens with zero attached hydrogens (tertiary/aromatic N) is 4. The highest BCUT2D eigenvalue weighted by atomic mass is 32.2. The van der Waals surface area contributed by atoms with Gasteiger partial charge in [0, 0.05) is 5.56 Å². The Labute approximate surface area is 145 Å². The Bertz CT molecular complexity index is 960. The second kappa shape index (κ2) is 6.21. The lowest BCUT2D eigenvalue weighted by atomic mass is 10.2. The zero-order valence-corrected chi connectivity index (χ0v) is 14.0. The van der Waals surface area contributed by atoms with Crippen LogP contribution in [0.3, 0.4) is 0 Å². The van der Waals surface area contributed by atoms with Crippen LogP contribution >= 0.6 is 23.1 Å². The Hall–Kier alpha value is -2.45. The monoisotopic (exact) mass is 357 g/mol. The van der Waals surface area contributed by atoms with Crippen LogP contribution in [-0.2, 0) is 5.75 Å². The van der Waals surface area contributed by atoms with Gasteiger partial charge in [0.15, 0.2) is 5.82 Å². The van der Waals surface area contributed by atoms with Gasteiger partial charge in [0.05, 0.1) is 16.0 Å². The van der Waals surface area contributed by atoms with Gasteiger partial charge in [-0.1, -0.05) is 23.9 Å². The molecule has 4 aromatic rings. The first-order valence-electron chi connectivity index (χ1n) is 7.14. The number of halogens is 1. The first-order valence-corrected chi connectivity index (χ1v) is 8.94. The fourth-order valence-corrected chi connectivity index (χ4v) is 4.10. The molecule has 0 aliphatic rings. The molecular weight excluding hydrogens is 345 g/mol. The summed E-state index contributed by atoms with van der Waals surface area (Å²) < 4.78 is 15.6. The van der Waals surface area contributed by atoms with Crippen LogP contribution in [0.25, 0.3) is 21.6 Å². The molecule has 4 rings (SSSR count). The third-order valence-electron chi connectivity index (χ3n) is 3.43. The van der Waals surface area contributed by atoms with E-state index in [0.29, 0.717) is 16.7 Å². The van der Waals surface area contributed by atoms with Crippen LogP contribution in [-0.4, -0.2) is 19.9 Å². The van der Waals surface area contributed by atoms with Gasteiger partial charge in [0.1, 0.15) is 10.8 Å². The van der Waals surface area contributed by atoms with E-state index in [1.165, 1.54) is 28.6 Å². The molecule has 0 unspecified atom stereocenters. The van der Waals surface area contributed by atoms with E-state index in [-0.39, 0.29) is 5.82 Å². The molecule has 0 fully saturated rings. The van der Waals surface area contributed by atoms with Crippen molar-refractivity contribution in [2.45, 2.75) is 10.9 Å². The van der Waals surface area contributed by atoms with Crippen LogP contribution in [0.4, 0.5) is 4.39 Å². The van der Waals surface area contributed by atoms with Crippen LogP contribution < -0.4 is 5.84 Å². The molecule has 120 valence electrons. The molecule has 0 atom stereocenters. The summed E-state index contributed by atoms with van der Waals surface area (Å²) in [5.74, 6) is 6.94. The SMILES string of the molecule is Nn1c(SCc2nc3ccccc3s2)nnc1-c1ccc(F)cc1. The highest BCUT2D eigenvalue weighted by molar-refractivity contribution is 7.98. The minimum atomic E-state index is -0.299. The van der Waals surface area contributed by atoms with Crippen LogP contribution in [0.5, 0.6) is 0 Å². The third-order valence-corrected chi connectivity index (χ3v) is 5.60. The van der Waals surface area contributed by atoms with Gasteiger partial charge >= 0.3 is 0 Å². The van der Waals surface area contributed by atoms with Gasteiger partial charge in [0.25, 0.3) is 0 Å². The van der Waals surface area contributed by atoms with Gasteiger partial charge in [-0.2, -0.15) is 0 Å². The Balaban J connectivity index is 1.54. The number of hydrogen-bond donors (Lipinski definition) is 1. The summed E-state index contributed by atoms with van der Waals surface area (Å²) in [5, 5.41) is 9.81. The van der Waals surface area contributed by atoms with E-state index in [0.717, 1.165) is 20.8 Å². The molecular formula is C16H12FN5S2. The molecule has 0 radical (unpaired) electrons. The van der Waals surface area contributed by atoms with E-state index in [2.05, 4.69) is 21.2 Å². The van der Waals surface area contributed by atoms with Crippen molar-refractivity contribution in [1.29, 1.82) is 0 Å². The number of thioether (sulfide) groups is 1. The van der Waals surface area contributed by atoms with Crippen molar-refractivity contribution in [2.24, 2.45) is 0 Å². The van der Waals surface area contributed by atoms with Crippen molar-refractivity contribution in [3.8, 4) is 11.4 Å². The summed E-state index contributed by atoms with van der Waals surface area (Å²) in [6, 6.07) is 14.0. The lowest BCUT2D eigenvalue weighted by Crippen LogP contribution is -2.11. The van der Waals surface area contributed by atoms with Crippen LogP contribution in [0, 0.1) is 5.82 Å². The average molecular weight is 357 g/mol. The number of hydrogen-bond acceptors (Lipinski definition) is 6. The van der Waals surface area contributed by atoms with Crippen molar-refractivity contribution in [1.82, 2.24) is 19.9 Å². The number of para-hydroxylation sites is 1. The number of thiazole rings is 1. The zero-order valence-electron chi connectivity index (χ0n) is 12.4. The summed E-state index contributed by atoms with van der Waals surface area (Å²) in [4.78, 5) is 4.59. The van der Waals surface area contributed by atoms with Crippen LogP contribution in [0.15, 0.2) is 53.7 Å². The standard InChI is InChI=1S/C16H12FN5S2/c17-11-7-5-10(6-8-11)15-20-21-16(22(15)18)23-9-14-19-12-3-1-2-4-13(12)24-14/h1-8H,9,18H2. The lowest BCUT2D eigenvalue weighted by molar-refractivity contribution is 0.628. The minimum absolute atomic E-state index is 0.299. The second-order valence-corrected chi connectivity index (χ2v) is 7.10. The van der Waals surface area contributed by atoms with Gasteiger partial charge in [-0.3, -0.25) is 0 Å². The normalized spacial score (nSPS) is 11.2. The van der Waals surface area contributed by atoms with E-state index in [9.17, 15) is 4.39 Å². The molecule has 0 aliphatic heterocycles. The number of aromatic nitrogens is 4. The lowest BCUT2D eigenvalue weighted by Gasteiger charge is -2.02. The first-order chi connectivity index (χ1) is 11.7. The highest BCUT2D eigenvalue weighted by Gasteiger charge is 2.13. The van der Waals surface area contributed by atoms with Crippen molar-refractivity contribution in [3.05, 3.63) is 59.4 Å². The number of nitrogen functional groups attached to an aromatic ring is 1. The van der Waals surface area contributed by atoms with Gasteiger partial charge in [-0.15, -0.1) is 21.5 Å². The third kappa shape index (κ3) is 2.85. The van der Waals surface area contributed by atoms with Crippen molar-refractivity contribution in [2.75, 3.05) is 5.84 Å². The predicted molar refractivity (Wildman–Crippen MR) is 94.7 cm³/mol. The molecule has 0 spiro atoms. The topological polar surface area (TPSA) is 69.6 Å². The summed E-state index contributed by atoms with van der Waals surface area (Å²) in [5.41, 5.74) is 1.72. The maximum atomic E-state index is 13.0. The van der Waals surface area contributed by atoms with E-state index >= 15 is 0 Å². The Morgan fingerprint density at radius 2 is 1.88 bits per heavy atom. The molecule has 8 heteroatoms. The van der Waals surface area contributed by atoms with Gasteiger partial charge in [-0.25, -0.2) is 14.1 Å². The molecule has 0 amide bonds. The fraction of sp³-hybridized carbons (Fsp3) is 0.0625. The molecule has 24 heavy (non-hydrogen) atoms. The molecule has 2 aromatic heterocycles. The zero-order chi connectivity index (χ0) is 16.5. The molecule has 0 saturated heterocycles. The van der Waals surface area contributed by atoms with E-state index in [4.69, 9.17) is 5.84 Å². The fourth-order valence-electron chi connectivity index (χ4n) is 2.28. The van der Waals surface area contributed by atoms with Gasteiger partial charge in [-0.05, 0) is 36.4 Å². The molecule has 0 aliphatic carbocycles. The maximum absolute atomic E-state index is 13.0. The first kappa shape index (κ1) is 15.1. The number of benzene rings is 2. The van der Waals surface area contributed by atoms with Crippen molar-refractivity contribution < 1.29 is 4.39 Å². The van der Waals surface area contributed by atoms with Crippen LogP contribution in [0.2, 0.25) is 0 Å². The summed E-state index contributed by atoms with van der Waals surface area (Å²) in [6.45, 7) is 0. The van der Waals surface area contributed by atoms with Crippen LogP contribution in [0.1, 0.15) is 5.01 Å². The average Bonchev–Trinajstić information content (AvgIpc) is 3.17. The molecule has 2 aromatic carbocycles. The van der Waals surface area contributed by atoms with E-state index in [1.807, 2.05) is 18.2 Å². The summed E-state index contributed by atoms with van der Waals surface area (Å²) in [6.07, 6.45) is 0. The molecule has 0 saturated carbocycles. The molecule has 2 heterocycles. The summed E-state index contributed by atoms with van der Waals surface area (Å²) in [7, 11) is 0. The number of nitrogens with two attached hydrogens (primary N) is 1. The Morgan fingerprint density at radius 3 is 2.67 bits per heavy atom. The minimum Gasteiger partial charge on any atom is -0.335 e. The predicted octanol–water partition coefficient (Wildman–Crippen LogP) is 3.70. The largest absolute Gasteiger partial charge is 0.335 e. The maximum Gasteiger partial charge on any atom is 0.210 e. The van der Waals surface area contributed by atoms with E-state index in [1.54, 1.807) is 23.5 Å². The number of rotatable bonds is 4. The Kier molecular flexibility index (Phi) is 3.91. The van der Waals surface area contributed by atoms with E-state index < -0.39 is 0 Å².